The van der Waals surface area contributed by atoms with E-state index >= 15 is 0 Å². The van der Waals surface area contributed by atoms with E-state index in [-0.39, 0.29) is 0 Å². The van der Waals surface area contributed by atoms with Crippen molar-refractivity contribution in [2.24, 2.45) is 17.6 Å². The molecule has 0 aromatic carbocycles. The number of hydrogen-bond acceptors (Lipinski definition) is 2. The summed E-state index contributed by atoms with van der Waals surface area (Å²) in [6.07, 6.45) is 9.62. The zero-order valence-corrected chi connectivity index (χ0v) is 12.6. The quantitative estimate of drug-likeness (QED) is 0.831. The molecular weight excluding hydrogens is 220 g/mol. The molecule has 0 spiro atoms. The van der Waals surface area contributed by atoms with Crippen molar-refractivity contribution in [1.29, 1.82) is 0 Å². The van der Waals surface area contributed by atoms with Gasteiger partial charge in [0.15, 0.2) is 0 Å². The number of nitrogens with two attached hydrogens (primary N) is 1. The first-order valence-corrected chi connectivity index (χ1v) is 8.08. The van der Waals surface area contributed by atoms with E-state index in [1.807, 2.05) is 0 Å². The van der Waals surface area contributed by atoms with Crippen LogP contribution in [0, 0.1) is 11.8 Å². The van der Waals surface area contributed by atoms with Crippen molar-refractivity contribution in [2.45, 2.75) is 77.3 Å². The molecule has 1 heterocycles. The van der Waals surface area contributed by atoms with Gasteiger partial charge in [0, 0.05) is 24.7 Å². The summed E-state index contributed by atoms with van der Waals surface area (Å²) in [6.45, 7) is 9.25. The lowest BCUT2D eigenvalue weighted by atomic mass is 9.74. The summed E-state index contributed by atoms with van der Waals surface area (Å²) < 4.78 is 0. The van der Waals surface area contributed by atoms with Crippen LogP contribution in [0.3, 0.4) is 0 Å². The van der Waals surface area contributed by atoms with Crippen LogP contribution in [0.5, 0.6) is 0 Å². The number of hydrogen-bond donors (Lipinski definition) is 1. The molecule has 2 atom stereocenters. The van der Waals surface area contributed by atoms with Gasteiger partial charge in [-0.3, -0.25) is 4.90 Å². The zero-order valence-electron chi connectivity index (χ0n) is 12.6. The van der Waals surface area contributed by atoms with Gasteiger partial charge in [0.1, 0.15) is 0 Å². The Morgan fingerprint density at radius 3 is 2.33 bits per heavy atom. The van der Waals surface area contributed by atoms with Crippen LogP contribution >= 0.6 is 0 Å². The maximum atomic E-state index is 6.20. The second-order valence-corrected chi connectivity index (χ2v) is 7.00. The van der Waals surface area contributed by atoms with Crippen molar-refractivity contribution in [3.63, 3.8) is 0 Å². The molecule has 18 heavy (non-hydrogen) atoms. The first kappa shape index (κ1) is 14.3. The first-order chi connectivity index (χ1) is 8.61. The van der Waals surface area contributed by atoms with Crippen LogP contribution in [0.2, 0.25) is 0 Å². The monoisotopic (exact) mass is 252 g/mol. The van der Waals surface area contributed by atoms with E-state index in [0.717, 1.165) is 24.4 Å². The van der Waals surface area contributed by atoms with E-state index < -0.39 is 0 Å². The minimum Gasteiger partial charge on any atom is -0.329 e. The Kier molecular flexibility index (Phi) is 4.71. The van der Waals surface area contributed by atoms with E-state index in [0.29, 0.717) is 5.54 Å². The number of nitrogens with zero attached hydrogens (tertiary/aromatic N) is 1. The van der Waals surface area contributed by atoms with Crippen molar-refractivity contribution in [3.05, 3.63) is 0 Å². The Hall–Kier alpha value is -0.0800. The number of likely N-dealkylation sites (tertiary alicyclic amines) is 1. The van der Waals surface area contributed by atoms with E-state index in [9.17, 15) is 0 Å². The van der Waals surface area contributed by atoms with Crippen LogP contribution in [-0.4, -0.2) is 29.6 Å². The van der Waals surface area contributed by atoms with Crippen molar-refractivity contribution >= 4 is 0 Å². The Morgan fingerprint density at radius 2 is 1.89 bits per heavy atom. The van der Waals surface area contributed by atoms with Crippen LogP contribution in [0.15, 0.2) is 0 Å². The summed E-state index contributed by atoms with van der Waals surface area (Å²) in [5.74, 6) is 1.83. The molecule has 2 rings (SSSR count). The van der Waals surface area contributed by atoms with Gasteiger partial charge in [0.25, 0.3) is 0 Å². The largest absolute Gasteiger partial charge is 0.329 e. The molecular formula is C16H32N2. The van der Waals surface area contributed by atoms with Crippen molar-refractivity contribution in [3.8, 4) is 0 Å². The summed E-state index contributed by atoms with van der Waals surface area (Å²) in [5, 5.41) is 0. The fraction of sp³-hybridized carbons (Fsp3) is 1.00. The lowest BCUT2D eigenvalue weighted by Crippen LogP contribution is -2.57. The Balaban J connectivity index is 2.00. The van der Waals surface area contributed by atoms with E-state index in [1.165, 1.54) is 51.5 Å². The van der Waals surface area contributed by atoms with Crippen LogP contribution in [0.1, 0.15) is 65.7 Å². The normalized spacial score (nSPS) is 42.3. The lowest BCUT2D eigenvalue weighted by Gasteiger charge is -2.48. The maximum Gasteiger partial charge on any atom is 0.0334 e. The van der Waals surface area contributed by atoms with Crippen LogP contribution in [-0.2, 0) is 0 Å². The van der Waals surface area contributed by atoms with Crippen LogP contribution in [0.4, 0.5) is 0 Å². The summed E-state index contributed by atoms with van der Waals surface area (Å²) in [4.78, 5) is 2.76. The first-order valence-electron chi connectivity index (χ1n) is 8.08. The average molecular weight is 252 g/mol. The van der Waals surface area contributed by atoms with Gasteiger partial charge in [-0.2, -0.15) is 0 Å². The van der Waals surface area contributed by atoms with Crippen molar-refractivity contribution in [2.75, 3.05) is 13.1 Å². The smallest absolute Gasteiger partial charge is 0.0334 e. The molecule has 106 valence electrons. The second kappa shape index (κ2) is 5.92. The standard InChI is InChI=1S/C16H32N2/c1-4-5-15-6-8-16(12-17,9-7-15)18-11-13(2)10-14(18)3/h13-15H,4-12,17H2,1-3H3. The molecule has 1 aliphatic heterocycles. The Labute approximate surface area is 113 Å². The summed E-state index contributed by atoms with van der Waals surface area (Å²) in [5.41, 5.74) is 6.55. The highest BCUT2D eigenvalue weighted by molar-refractivity contribution is 5.00. The van der Waals surface area contributed by atoms with Gasteiger partial charge < -0.3 is 5.73 Å². The van der Waals surface area contributed by atoms with E-state index in [4.69, 9.17) is 5.73 Å². The molecule has 2 aliphatic rings. The third kappa shape index (κ3) is 2.75. The average Bonchev–Trinajstić information content (AvgIpc) is 2.71. The summed E-state index contributed by atoms with van der Waals surface area (Å²) >= 11 is 0. The third-order valence-corrected chi connectivity index (χ3v) is 5.51. The van der Waals surface area contributed by atoms with Gasteiger partial charge in [0.05, 0.1) is 0 Å². The molecule has 2 unspecified atom stereocenters. The van der Waals surface area contributed by atoms with Gasteiger partial charge in [0.2, 0.25) is 0 Å². The molecule has 0 bridgehead atoms. The molecule has 0 amide bonds. The topological polar surface area (TPSA) is 29.3 Å². The predicted octanol–water partition coefficient (Wildman–Crippen LogP) is 3.40. The van der Waals surface area contributed by atoms with Gasteiger partial charge in [-0.15, -0.1) is 0 Å². The molecule has 1 aliphatic carbocycles. The highest BCUT2D eigenvalue weighted by Gasteiger charge is 2.44. The fourth-order valence-corrected chi connectivity index (χ4v) is 4.48. The predicted molar refractivity (Wildman–Crippen MR) is 78.6 cm³/mol. The molecule has 2 fully saturated rings. The molecule has 2 nitrogen and oxygen atoms in total. The van der Waals surface area contributed by atoms with Crippen LogP contribution < -0.4 is 5.73 Å². The van der Waals surface area contributed by atoms with E-state index in [2.05, 4.69) is 25.7 Å². The van der Waals surface area contributed by atoms with Gasteiger partial charge in [-0.25, -0.2) is 0 Å². The minimum absolute atomic E-state index is 0.342. The second-order valence-electron chi connectivity index (χ2n) is 7.00. The summed E-state index contributed by atoms with van der Waals surface area (Å²) in [7, 11) is 0. The Morgan fingerprint density at radius 1 is 1.22 bits per heavy atom. The van der Waals surface area contributed by atoms with Gasteiger partial charge >= 0.3 is 0 Å². The fourth-order valence-electron chi connectivity index (χ4n) is 4.48. The minimum atomic E-state index is 0.342. The zero-order chi connectivity index (χ0) is 13.2. The maximum absolute atomic E-state index is 6.20. The highest BCUT2D eigenvalue weighted by Crippen LogP contribution is 2.41. The third-order valence-electron chi connectivity index (χ3n) is 5.51. The van der Waals surface area contributed by atoms with Crippen molar-refractivity contribution < 1.29 is 0 Å². The molecule has 0 aromatic heterocycles. The lowest BCUT2D eigenvalue weighted by molar-refractivity contribution is 0.0339. The molecule has 0 radical (unpaired) electrons. The van der Waals surface area contributed by atoms with Gasteiger partial charge in [-0.05, 0) is 50.9 Å². The highest BCUT2D eigenvalue weighted by atomic mass is 15.3. The van der Waals surface area contributed by atoms with Crippen molar-refractivity contribution in [1.82, 2.24) is 4.90 Å². The molecule has 2 heteroatoms. The Bertz CT molecular complexity index is 256. The van der Waals surface area contributed by atoms with E-state index in [1.54, 1.807) is 0 Å². The molecule has 1 saturated carbocycles. The molecule has 1 saturated heterocycles. The number of rotatable bonds is 4. The SMILES string of the molecule is CCCC1CCC(CN)(N2CC(C)CC2C)CC1. The van der Waals surface area contributed by atoms with Gasteiger partial charge in [-0.1, -0.05) is 26.7 Å². The molecule has 0 aromatic rings. The summed E-state index contributed by atoms with van der Waals surface area (Å²) in [6, 6.07) is 0.742. The molecule has 2 N–H and O–H groups in total. The van der Waals surface area contributed by atoms with Crippen LogP contribution in [0.25, 0.3) is 0 Å².